The van der Waals surface area contributed by atoms with Crippen LogP contribution in [0.4, 0.5) is 0 Å². The number of guanidine groups is 1. The van der Waals surface area contributed by atoms with Gasteiger partial charge in [-0.05, 0) is 39.2 Å². The van der Waals surface area contributed by atoms with Crippen molar-refractivity contribution in [1.29, 1.82) is 0 Å². The minimum absolute atomic E-state index is 0. The number of aryl methyl sites for hydroxylation is 2. The number of halogens is 1. The van der Waals surface area contributed by atoms with Gasteiger partial charge in [-0.15, -0.1) is 24.0 Å². The van der Waals surface area contributed by atoms with Gasteiger partial charge in [0.1, 0.15) is 5.76 Å². The molecule has 1 N–H and O–H groups in total. The van der Waals surface area contributed by atoms with Crippen LogP contribution in [0, 0.1) is 19.8 Å². The molecule has 2 aliphatic rings. The molecule has 8 heteroatoms. The molecule has 0 spiro atoms. The van der Waals surface area contributed by atoms with Crippen molar-refractivity contribution >= 4 is 29.9 Å². The summed E-state index contributed by atoms with van der Waals surface area (Å²) in [4.78, 5) is 9.89. The molecule has 2 atom stereocenters. The summed E-state index contributed by atoms with van der Waals surface area (Å²) in [5.41, 5.74) is 3.57. The largest absolute Gasteiger partial charge is 0.373 e. The van der Waals surface area contributed by atoms with E-state index in [4.69, 9.17) is 14.3 Å². The minimum atomic E-state index is 0. The van der Waals surface area contributed by atoms with Crippen LogP contribution in [-0.4, -0.2) is 66.8 Å². The van der Waals surface area contributed by atoms with Crippen molar-refractivity contribution in [2.45, 2.75) is 46.3 Å². The van der Waals surface area contributed by atoms with Crippen LogP contribution in [0.25, 0.3) is 0 Å². The zero-order chi connectivity index (χ0) is 22.3. The van der Waals surface area contributed by atoms with Crippen molar-refractivity contribution in [2.75, 3.05) is 45.9 Å². The molecule has 182 valence electrons. The summed E-state index contributed by atoms with van der Waals surface area (Å²) in [6.07, 6.45) is 2.41. The van der Waals surface area contributed by atoms with Gasteiger partial charge < -0.3 is 19.5 Å². The van der Waals surface area contributed by atoms with Gasteiger partial charge in [0.2, 0.25) is 0 Å². The molecule has 7 nitrogen and oxygen atoms in total. The lowest BCUT2D eigenvalue weighted by atomic mass is 9.89. The maximum Gasteiger partial charge on any atom is 0.194 e. The predicted molar refractivity (Wildman–Crippen MR) is 142 cm³/mol. The highest BCUT2D eigenvalue weighted by atomic mass is 127. The smallest absolute Gasteiger partial charge is 0.194 e. The van der Waals surface area contributed by atoms with E-state index in [0.29, 0.717) is 5.92 Å². The number of nitrogens with zero attached hydrogens (tertiary/aromatic N) is 4. The van der Waals surface area contributed by atoms with Gasteiger partial charge in [0, 0.05) is 64.4 Å². The highest BCUT2D eigenvalue weighted by molar-refractivity contribution is 14.0. The third-order valence-electron chi connectivity index (χ3n) is 6.40. The highest BCUT2D eigenvalue weighted by Gasteiger charge is 2.28. The summed E-state index contributed by atoms with van der Waals surface area (Å²) in [5.74, 6) is 2.31. The molecule has 1 aromatic carbocycles. The number of aliphatic imine (C=N–C) groups is 1. The molecule has 0 aliphatic carbocycles. The lowest BCUT2D eigenvalue weighted by molar-refractivity contribution is -0.0251. The quantitative estimate of drug-likeness (QED) is 0.322. The Morgan fingerprint density at radius 2 is 1.91 bits per heavy atom. The molecular formula is C25H38IN5O2. The van der Waals surface area contributed by atoms with Crippen molar-refractivity contribution in [2.24, 2.45) is 10.9 Å². The van der Waals surface area contributed by atoms with E-state index in [0.717, 1.165) is 82.7 Å². The van der Waals surface area contributed by atoms with Crippen LogP contribution in [0.1, 0.15) is 48.5 Å². The van der Waals surface area contributed by atoms with Gasteiger partial charge >= 0.3 is 0 Å². The van der Waals surface area contributed by atoms with Crippen LogP contribution < -0.4 is 5.32 Å². The van der Waals surface area contributed by atoms with Gasteiger partial charge in [-0.1, -0.05) is 35.0 Å². The fourth-order valence-electron chi connectivity index (χ4n) is 4.62. The fourth-order valence-corrected chi connectivity index (χ4v) is 4.62. The number of piperazine rings is 1. The van der Waals surface area contributed by atoms with E-state index >= 15 is 0 Å². The number of hydrogen-bond acceptors (Lipinski definition) is 5. The Kier molecular flexibility index (Phi) is 10.0. The van der Waals surface area contributed by atoms with Crippen LogP contribution in [0.5, 0.6) is 0 Å². The van der Waals surface area contributed by atoms with Crippen LogP contribution in [0.3, 0.4) is 0 Å². The van der Waals surface area contributed by atoms with E-state index in [1.807, 2.05) is 13.0 Å². The standard InChI is InChI=1S/C25H37N5O2.HI/c1-4-26-25(30-13-11-29(12-14-30)18-23-16-20(3)32-28-23)27-17-22-6-5-15-31-24(22)21-9-7-19(2)8-10-21;/h7-10,16,22,24H,4-6,11-15,17-18H2,1-3H3,(H,26,27);1H. The Bertz CT molecular complexity index is 877. The predicted octanol–water partition coefficient (Wildman–Crippen LogP) is 4.16. The molecule has 0 bridgehead atoms. The average Bonchev–Trinajstić information content (AvgIpc) is 3.22. The summed E-state index contributed by atoms with van der Waals surface area (Å²) in [6.45, 7) is 13.5. The van der Waals surface area contributed by atoms with Crippen molar-refractivity contribution in [3.63, 3.8) is 0 Å². The monoisotopic (exact) mass is 567 g/mol. The first-order chi connectivity index (χ1) is 15.6. The number of nitrogens with one attached hydrogen (secondary N) is 1. The second kappa shape index (κ2) is 12.7. The number of ether oxygens (including phenoxy) is 1. The maximum atomic E-state index is 6.20. The van der Waals surface area contributed by atoms with Gasteiger partial charge in [0.05, 0.1) is 11.8 Å². The molecule has 2 fully saturated rings. The first kappa shape index (κ1) is 26.0. The Labute approximate surface area is 215 Å². The van der Waals surface area contributed by atoms with E-state index in [-0.39, 0.29) is 30.1 Å². The molecule has 0 radical (unpaired) electrons. The molecule has 2 saturated heterocycles. The number of benzene rings is 1. The van der Waals surface area contributed by atoms with Gasteiger partial charge in [-0.25, -0.2) is 0 Å². The van der Waals surface area contributed by atoms with E-state index < -0.39 is 0 Å². The lowest BCUT2D eigenvalue weighted by Crippen LogP contribution is -2.52. The molecule has 2 unspecified atom stereocenters. The van der Waals surface area contributed by atoms with E-state index in [2.05, 4.69) is 58.4 Å². The van der Waals surface area contributed by atoms with Gasteiger partial charge in [0.15, 0.2) is 5.96 Å². The Hall–Kier alpha value is -1.65. The molecule has 0 amide bonds. The molecule has 0 saturated carbocycles. The number of hydrogen-bond donors (Lipinski definition) is 1. The average molecular weight is 568 g/mol. The molecule has 1 aromatic heterocycles. The van der Waals surface area contributed by atoms with Crippen LogP contribution in [-0.2, 0) is 11.3 Å². The second-order valence-corrected chi connectivity index (χ2v) is 8.99. The van der Waals surface area contributed by atoms with E-state index in [1.54, 1.807) is 0 Å². The zero-order valence-corrected chi connectivity index (χ0v) is 22.5. The number of aromatic nitrogens is 1. The van der Waals surface area contributed by atoms with Crippen molar-refractivity contribution < 1.29 is 9.26 Å². The fraction of sp³-hybridized carbons (Fsp3) is 0.600. The number of rotatable bonds is 6. The highest BCUT2D eigenvalue weighted by Crippen LogP contribution is 2.34. The first-order valence-corrected chi connectivity index (χ1v) is 12.0. The van der Waals surface area contributed by atoms with Gasteiger partial charge in [-0.3, -0.25) is 9.89 Å². The Balaban J connectivity index is 0.00000306. The molecule has 3 heterocycles. The Morgan fingerprint density at radius 1 is 1.15 bits per heavy atom. The third kappa shape index (κ3) is 7.16. The van der Waals surface area contributed by atoms with E-state index in [1.165, 1.54) is 11.1 Å². The summed E-state index contributed by atoms with van der Waals surface area (Å²) in [5, 5.41) is 7.64. The van der Waals surface area contributed by atoms with E-state index in [9.17, 15) is 0 Å². The summed E-state index contributed by atoms with van der Waals surface area (Å²) in [6, 6.07) is 10.8. The van der Waals surface area contributed by atoms with Crippen LogP contribution >= 0.6 is 24.0 Å². The maximum absolute atomic E-state index is 6.20. The topological polar surface area (TPSA) is 66.1 Å². The van der Waals surface area contributed by atoms with Crippen LogP contribution in [0.15, 0.2) is 39.8 Å². The molecule has 4 rings (SSSR count). The minimum Gasteiger partial charge on any atom is -0.373 e. The van der Waals surface area contributed by atoms with Crippen molar-refractivity contribution in [1.82, 2.24) is 20.3 Å². The first-order valence-electron chi connectivity index (χ1n) is 12.0. The molecule has 33 heavy (non-hydrogen) atoms. The summed E-state index contributed by atoms with van der Waals surface area (Å²) in [7, 11) is 0. The summed E-state index contributed by atoms with van der Waals surface area (Å²) < 4.78 is 11.4. The Morgan fingerprint density at radius 3 is 2.58 bits per heavy atom. The second-order valence-electron chi connectivity index (χ2n) is 8.99. The van der Waals surface area contributed by atoms with Gasteiger partial charge in [-0.2, -0.15) is 0 Å². The zero-order valence-electron chi connectivity index (χ0n) is 20.1. The summed E-state index contributed by atoms with van der Waals surface area (Å²) >= 11 is 0. The van der Waals surface area contributed by atoms with Crippen molar-refractivity contribution in [3.8, 4) is 0 Å². The molecular weight excluding hydrogens is 529 g/mol. The molecule has 2 aromatic rings. The lowest BCUT2D eigenvalue weighted by Gasteiger charge is -2.36. The van der Waals surface area contributed by atoms with Crippen molar-refractivity contribution in [3.05, 3.63) is 52.9 Å². The SMILES string of the molecule is CCNC(=NCC1CCCOC1c1ccc(C)cc1)N1CCN(Cc2cc(C)on2)CC1.I. The molecule has 2 aliphatic heterocycles. The van der Waals surface area contributed by atoms with Crippen LogP contribution in [0.2, 0.25) is 0 Å². The van der Waals surface area contributed by atoms with Gasteiger partial charge in [0.25, 0.3) is 0 Å². The third-order valence-corrected chi connectivity index (χ3v) is 6.40. The normalized spacial score (nSPS) is 22.2.